The minimum Gasteiger partial charge on any atom is -0.480 e. The summed E-state index contributed by atoms with van der Waals surface area (Å²) < 4.78 is 0. The van der Waals surface area contributed by atoms with Crippen molar-refractivity contribution in [2.24, 2.45) is 28.1 Å². The third kappa shape index (κ3) is 10.4. The van der Waals surface area contributed by atoms with Crippen LogP contribution in [0.2, 0.25) is 0 Å². The summed E-state index contributed by atoms with van der Waals surface area (Å²) in [5, 5.41) is 13.4. The Morgan fingerprint density at radius 3 is 2.29 bits per heavy atom. The van der Waals surface area contributed by atoms with Crippen molar-refractivity contribution >= 4 is 23.7 Å². The van der Waals surface area contributed by atoms with Gasteiger partial charge >= 0.3 is 5.97 Å². The summed E-state index contributed by atoms with van der Waals surface area (Å²) in [5.74, 6) is -2.06. The van der Waals surface area contributed by atoms with Crippen molar-refractivity contribution < 1.29 is 19.5 Å². The number of hydrogen-bond donors (Lipinski definition) is 6. The molecule has 0 aromatic heterocycles. The zero-order valence-corrected chi connectivity index (χ0v) is 14.1. The van der Waals surface area contributed by atoms with Gasteiger partial charge in [0.15, 0.2) is 5.96 Å². The van der Waals surface area contributed by atoms with E-state index in [0.717, 1.165) is 0 Å². The highest BCUT2D eigenvalue weighted by Crippen LogP contribution is 2.05. The van der Waals surface area contributed by atoms with E-state index in [1.54, 1.807) is 0 Å². The van der Waals surface area contributed by atoms with Gasteiger partial charge in [-0.15, -0.1) is 0 Å². The number of carbonyl (C=O) groups excluding carboxylic acids is 2. The number of aliphatic carboxylic acids is 1. The lowest BCUT2D eigenvalue weighted by Crippen LogP contribution is -2.52. The monoisotopic (exact) mass is 344 g/mol. The van der Waals surface area contributed by atoms with Gasteiger partial charge in [-0.1, -0.05) is 13.8 Å². The zero-order valence-electron chi connectivity index (χ0n) is 14.1. The molecule has 0 heterocycles. The molecular weight excluding hydrogens is 316 g/mol. The quantitative estimate of drug-likeness (QED) is 0.143. The van der Waals surface area contributed by atoms with Gasteiger partial charge in [0.05, 0.1) is 6.04 Å². The predicted molar refractivity (Wildman–Crippen MR) is 89.9 cm³/mol. The number of nitrogens with two attached hydrogens (primary N) is 3. The van der Waals surface area contributed by atoms with Gasteiger partial charge in [0.1, 0.15) is 12.6 Å². The van der Waals surface area contributed by atoms with Gasteiger partial charge < -0.3 is 32.9 Å². The topological polar surface area (TPSA) is 186 Å². The van der Waals surface area contributed by atoms with Gasteiger partial charge in [0.25, 0.3) is 0 Å². The Labute approximate surface area is 141 Å². The maximum Gasteiger partial charge on any atom is 0.322 e. The Morgan fingerprint density at radius 2 is 1.79 bits per heavy atom. The van der Waals surface area contributed by atoms with Crippen molar-refractivity contribution in [3.05, 3.63) is 0 Å². The van der Waals surface area contributed by atoms with Crippen LogP contribution < -0.4 is 27.8 Å². The van der Waals surface area contributed by atoms with Gasteiger partial charge in [-0.05, 0) is 25.2 Å². The second-order valence-electron chi connectivity index (χ2n) is 5.86. The van der Waals surface area contributed by atoms with E-state index in [9.17, 15) is 14.4 Å². The molecular formula is C14H28N6O4. The molecule has 0 aromatic carbocycles. The highest BCUT2D eigenvalue weighted by molar-refractivity contribution is 5.90. The lowest BCUT2D eigenvalue weighted by molar-refractivity contribution is -0.138. The summed E-state index contributed by atoms with van der Waals surface area (Å²) in [6.45, 7) is 3.62. The first kappa shape index (κ1) is 21.6. The van der Waals surface area contributed by atoms with E-state index >= 15 is 0 Å². The number of carbonyl (C=O) groups is 3. The molecule has 0 bridgehead atoms. The number of aliphatic imine (C=N–C) groups is 1. The number of amides is 2. The Kier molecular flexibility index (Phi) is 10.1. The third-order valence-electron chi connectivity index (χ3n) is 3.05. The molecule has 9 N–H and O–H groups in total. The fourth-order valence-corrected chi connectivity index (χ4v) is 1.95. The summed E-state index contributed by atoms with van der Waals surface area (Å²) in [6, 6.07) is -1.64. The summed E-state index contributed by atoms with van der Waals surface area (Å²) >= 11 is 0. The number of guanidine groups is 1. The van der Waals surface area contributed by atoms with Crippen LogP contribution in [-0.4, -0.2) is 54.0 Å². The standard InChI is InChI=1S/C14H28N6O4/c1-8(2)6-9(15)12(23)20-10(4-3-5-18-14(16)17)13(24)19-7-11(21)22/h8-10H,3-7,15H2,1-2H3,(H,19,24)(H,20,23)(H,21,22)(H4,16,17,18). The molecule has 10 heteroatoms. The number of carboxylic acid groups (broad SMARTS) is 1. The highest BCUT2D eigenvalue weighted by atomic mass is 16.4. The van der Waals surface area contributed by atoms with Crippen LogP contribution in [0.15, 0.2) is 4.99 Å². The first-order valence-corrected chi connectivity index (χ1v) is 7.74. The smallest absolute Gasteiger partial charge is 0.322 e. The Hall–Kier alpha value is -2.36. The summed E-state index contributed by atoms with van der Waals surface area (Å²) in [7, 11) is 0. The van der Waals surface area contributed by atoms with Crippen molar-refractivity contribution in [2.45, 2.75) is 45.2 Å². The number of nitrogens with zero attached hydrogens (tertiary/aromatic N) is 1. The van der Waals surface area contributed by atoms with Crippen LogP contribution in [0, 0.1) is 5.92 Å². The summed E-state index contributed by atoms with van der Waals surface area (Å²) in [6.07, 6.45) is 1.16. The van der Waals surface area contributed by atoms with Crippen LogP contribution in [0.4, 0.5) is 0 Å². The average molecular weight is 344 g/mol. The molecule has 10 nitrogen and oxygen atoms in total. The average Bonchev–Trinajstić information content (AvgIpc) is 2.46. The predicted octanol–water partition coefficient (Wildman–Crippen LogP) is -1.90. The lowest BCUT2D eigenvalue weighted by Gasteiger charge is -2.21. The minimum absolute atomic E-state index is 0.0649. The molecule has 0 aromatic rings. The van der Waals surface area contributed by atoms with Crippen LogP contribution >= 0.6 is 0 Å². The molecule has 2 atom stereocenters. The Bertz CT molecular complexity index is 462. The second kappa shape index (κ2) is 11.2. The molecule has 0 aliphatic heterocycles. The fraction of sp³-hybridized carbons (Fsp3) is 0.714. The lowest BCUT2D eigenvalue weighted by atomic mass is 10.0. The molecule has 0 fully saturated rings. The normalized spacial score (nSPS) is 13.0. The van der Waals surface area contributed by atoms with Crippen LogP contribution in [-0.2, 0) is 14.4 Å². The largest absolute Gasteiger partial charge is 0.480 e. The molecule has 0 rings (SSSR count). The van der Waals surface area contributed by atoms with E-state index in [4.69, 9.17) is 22.3 Å². The maximum atomic E-state index is 12.1. The van der Waals surface area contributed by atoms with Gasteiger partial charge in [-0.25, -0.2) is 0 Å². The number of carboxylic acids is 1. The van der Waals surface area contributed by atoms with Crippen LogP contribution in [0.5, 0.6) is 0 Å². The number of nitrogens with one attached hydrogen (secondary N) is 2. The summed E-state index contributed by atoms with van der Waals surface area (Å²) in [5.41, 5.74) is 16.2. The van der Waals surface area contributed by atoms with Gasteiger partial charge in [0.2, 0.25) is 11.8 Å². The SMILES string of the molecule is CC(C)CC(N)C(=O)NC(CCCN=C(N)N)C(=O)NCC(=O)O. The van der Waals surface area contributed by atoms with Crippen molar-refractivity contribution in [3.63, 3.8) is 0 Å². The van der Waals surface area contributed by atoms with Crippen molar-refractivity contribution in [1.82, 2.24) is 10.6 Å². The zero-order chi connectivity index (χ0) is 18.7. The van der Waals surface area contributed by atoms with Gasteiger partial charge in [-0.3, -0.25) is 19.4 Å². The molecule has 0 radical (unpaired) electrons. The minimum atomic E-state index is -1.18. The van der Waals surface area contributed by atoms with Gasteiger partial charge in [0, 0.05) is 6.54 Å². The number of rotatable bonds is 11. The molecule has 0 spiro atoms. The van der Waals surface area contributed by atoms with E-state index in [2.05, 4.69) is 15.6 Å². The van der Waals surface area contributed by atoms with E-state index in [-0.39, 0.29) is 18.3 Å². The molecule has 0 aliphatic rings. The summed E-state index contributed by atoms with van der Waals surface area (Å²) in [4.78, 5) is 38.5. The Balaban J connectivity index is 4.71. The van der Waals surface area contributed by atoms with Crippen LogP contribution in [0.3, 0.4) is 0 Å². The van der Waals surface area contributed by atoms with E-state index in [0.29, 0.717) is 19.4 Å². The van der Waals surface area contributed by atoms with Crippen molar-refractivity contribution in [2.75, 3.05) is 13.1 Å². The Morgan fingerprint density at radius 1 is 1.17 bits per heavy atom. The van der Waals surface area contributed by atoms with E-state index in [1.807, 2.05) is 13.8 Å². The highest BCUT2D eigenvalue weighted by Gasteiger charge is 2.24. The van der Waals surface area contributed by atoms with E-state index < -0.39 is 36.4 Å². The molecule has 138 valence electrons. The maximum absolute atomic E-state index is 12.1. The third-order valence-corrected chi connectivity index (χ3v) is 3.05. The number of hydrogen-bond acceptors (Lipinski definition) is 5. The molecule has 2 unspecified atom stereocenters. The molecule has 0 saturated heterocycles. The second-order valence-corrected chi connectivity index (χ2v) is 5.86. The van der Waals surface area contributed by atoms with Crippen LogP contribution in [0.25, 0.3) is 0 Å². The molecule has 24 heavy (non-hydrogen) atoms. The van der Waals surface area contributed by atoms with Crippen LogP contribution in [0.1, 0.15) is 33.1 Å². The molecule has 0 aliphatic carbocycles. The van der Waals surface area contributed by atoms with Gasteiger partial charge in [-0.2, -0.15) is 0 Å². The van der Waals surface area contributed by atoms with Crippen molar-refractivity contribution in [3.8, 4) is 0 Å². The molecule has 2 amide bonds. The first-order chi connectivity index (χ1) is 11.1. The molecule has 0 saturated carbocycles. The van der Waals surface area contributed by atoms with E-state index in [1.165, 1.54) is 0 Å². The first-order valence-electron chi connectivity index (χ1n) is 7.74. The van der Waals surface area contributed by atoms with Crippen molar-refractivity contribution in [1.29, 1.82) is 0 Å². The fourth-order valence-electron chi connectivity index (χ4n) is 1.95.